The molecule has 1 aliphatic rings. The molecule has 0 spiro atoms. The minimum atomic E-state index is -3.45. The Morgan fingerprint density at radius 2 is 2.14 bits per heavy atom. The van der Waals surface area contributed by atoms with Crippen LogP contribution in [0.1, 0.15) is 6.92 Å². The third kappa shape index (κ3) is 3.52. The molecule has 0 saturated carbocycles. The lowest BCUT2D eigenvalue weighted by molar-refractivity contribution is -0.115. The summed E-state index contributed by atoms with van der Waals surface area (Å²) in [4.78, 5) is 24.8. The fourth-order valence-electron chi connectivity index (χ4n) is 1.82. The highest BCUT2D eigenvalue weighted by atomic mass is 32.2. The van der Waals surface area contributed by atoms with Gasteiger partial charge in [0.1, 0.15) is 11.9 Å². The number of rotatable bonds is 4. The van der Waals surface area contributed by atoms with Crippen molar-refractivity contribution in [2.24, 2.45) is 0 Å². The maximum atomic E-state index is 11.9. The number of hydrogen-bond acceptors (Lipinski definition) is 5. The number of anilines is 2. The standard InChI is InChI=1S/C13H16N2O5S/c1-9(21(2,18)19)12(16)14-10-4-3-5-11(8-10)15-6-7-20-13(15)17/h3-5,8-9H,6-7H2,1-2H3,(H,14,16)/t9-/m0/s1. The van der Waals surface area contributed by atoms with E-state index in [1.165, 1.54) is 11.8 Å². The van der Waals surface area contributed by atoms with Crippen molar-refractivity contribution >= 4 is 33.2 Å². The molecule has 7 nitrogen and oxygen atoms in total. The van der Waals surface area contributed by atoms with E-state index in [0.29, 0.717) is 24.5 Å². The van der Waals surface area contributed by atoms with Gasteiger partial charge in [0.25, 0.3) is 0 Å². The first-order valence-corrected chi connectivity index (χ1v) is 8.28. The van der Waals surface area contributed by atoms with E-state index < -0.39 is 27.1 Å². The van der Waals surface area contributed by atoms with Gasteiger partial charge in [-0.15, -0.1) is 0 Å². The average Bonchev–Trinajstić information content (AvgIpc) is 2.83. The van der Waals surface area contributed by atoms with Crippen molar-refractivity contribution in [1.29, 1.82) is 0 Å². The molecule has 0 aliphatic carbocycles. The van der Waals surface area contributed by atoms with Gasteiger partial charge in [-0.25, -0.2) is 13.2 Å². The van der Waals surface area contributed by atoms with Gasteiger partial charge in [-0.2, -0.15) is 0 Å². The van der Waals surface area contributed by atoms with Crippen molar-refractivity contribution in [1.82, 2.24) is 0 Å². The molecule has 8 heteroatoms. The second-order valence-electron chi connectivity index (χ2n) is 4.78. The quantitative estimate of drug-likeness (QED) is 0.896. The molecule has 2 rings (SSSR count). The Balaban J connectivity index is 2.15. The van der Waals surface area contributed by atoms with Crippen LogP contribution < -0.4 is 10.2 Å². The Morgan fingerprint density at radius 3 is 2.71 bits per heavy atom. The van der Waals surface area contributed by atoms with Gasteiger partial charge in [0.15, 0.2) is 9.84 Å². The number of ether oxygens (including phenoxy) is 1. The lowest BCUT2D eigenvalue weighted by Gasteiger charge is -2.15. The number of cyclic esters (lactones) is 1. The summed E-state index contributed by atoms with van der Waals surface area (Å²) in [5.41, 5.74) is 1.01. The first-order valence-electron chi connectivity index (χ1n) is 6.33. The second-order valence-corrected chi connectivity index (χ2v) is 7.14. The van der Waals surface area contributed by atoms with Crippen LogP contribution in [-0.2, 0) is 19.4 Å². The number of benzene rings is 1. The SMILES string of the molecule is C[C@@H](C(=O)Nc1cccc(N2CCOC2=O)c1)S(C)(=O)=O. The van der Waals surface area contributed by atoms with Crippen molar-refractivity contribution in [3.05, 3.63) is 24.3 Å². The number of nitrogens with one attached hydrogen (secondary N) is 1. The van der Waals surface area contributed by atoms with Gasteiger partial charge in [0.2, 0.25) is 5.91 Å². The fourth-order valence-corrected chi connectivity index (χ4v) is 2.27. The molecule has 1 heterocycles. The van der Waals surface area contributed by atoms with Crippen LogP contribution in [0.3, 0.4) is 0 Å². The van der Waals surface area contributed by atoms with Crippen molar-refractivity contribution in [2.75, 3.05) is 29.6 Å². The number of carbonyl (C=O) groups is 2. The minimum Gasteiger partial charge on any atom is -0.447 e. The summed E-state index contributed by atoms with van der Waals surface area (Å²) in [7, 11) is -3.45. The Kier molecular flexibility index (Phi) is 4.17. The molecule has 114 valence electrons. The van der Waals surface area contributed by atoms with Crippen LogP contribution in [0.2, 0.25) is 0 Å². The summed E-state index contributed by atoms with van der Waals surface area (Å²) in [5.74, 6) is -0.612. The monoisotopic (exact) mass is 312 g/mol. The van der Waals surface area contributed by atoms with Gasteiger partial charge in [-0.05, 0) is 25.1 Å². The van der Waals surface area contributed by atoms with Crippen molar-refractivity contribution in [3.8, 4) is 0 Å². The van der Waals surface area contributed by atoms with Crippen LogP contribution >= 0.6 is 0 Å². The number of hydrogen-bond donors (Lipinski definition) is 1. The van der Waals surface area contributed by atoms with Gasteiger partial charge >= 0.3 is 6.09 Å². The molecule has 0 aromatic heterocycles. The van der Waals surface area contributed by atoms with E-state index in [4.69, 9.17) is 4.74 Å². The summed E-state index contributed by atoms with van der Waals surface area (Å²) >= 11 is 0. The molecule has 21 heavy (non-hydrogen) atoms. The van der Waals surface area contributed by atoms with Crippen molar-refractivity contribution in [2.45, 2.75) is 12.2 Å². The van der Waals surface area contributed by atoms with Crippen molar-refractivity contribution in [3.63, 3.8) is 0 Å². The lowest BCUT2D eigenvalue weighted by atomic mass is 10.2. The zero-order valence-electron chi connectivity index (χ0n) is 11.7. The largest absolute Gasteiger partial charge is 0.447 e. The first-order chi connectivity index (χ1) is 9.79. The Morgan fingerprint density at radius 1 is 1.43 bits per heavy atom. The van der Waals surface area contributed by atoms with Crippen LogP contribution in [-0.4, -0.2) is 45.1 Å². The number of amides is 2. The summed E-state index contributed by atoms with van der Waals surface area (Å²) in [6, 6.07) is 6.60. The molecular weight excluding hydrogens is 296 g/mol. The summed E-state index contributed by atoms with van der Waals surface area (Å²) in [6.45, 7) is 2.09. The minimum absolute atomic E-state index is 0.320. The van der Waals surface area contributed by atoms with E-state index in [1.807, 2.05) is 0 Å². The predicted octanol–water partition coefficient (Wildman–Crippen LogP) is 1.01. The zero-order valence-corrected chi connectivity index (χ0v) is 12.5. The van der Waals surface area contributed by atoms with Gasteiger partial charge in [0, 0.05) is 17.6 Å². The second kappa shape index (κ2) is 5.72. The van der Waals surface area contributed by atoms with Crippen molar-refractivity contribution < 1.29 is 22.7 Å². The van der Waals surface area contributed by atoms with Crippen LogP contribution in [0.5, 0.6) is 0 Å². The molecule has 1 aromatic carbocycles. The van der Waals surface area contributed by atoms with Gasteiger partial charge in [-0.1, -0.05) is 6.07 Å². The maximum absolute atomic E-state index is 11.9. The fraction of sp³-hybridized carbons (Fsp3) is 0.385. The normalized spacial score (nSPS) is 16.5. The average molecular weight is 312 g/mol. The smallest absolute Gasteiger partial charge is 0.414 e. The third-order valence-corrected chi connectivity index (χ3v) is 4.70. The molecule has 1 aromatic rings. The molecule has 2 amide bonds. The van der Waals surface area contributed by atoms with Gasteiger partial charge in [0.05, 0.1) is 6.54 Å². The molecular formula is C13H16N2O5S. The highest BCUT2D eigenvalue weighted by Crippen LogP contribution is 2.22. The maximum Gasteiger partial charge on any atom is 0.414 e. The Bertz CT molecular complexity index is 671. The molecule has 1 aliphatic heterocycles. The van der Waals surface area contributed by atoms with Crippen LogP contribution in [0.25, 0.3) is 0 Å². The van der Waals surface area contributed by atoms with Crippen LogP contribution in [0, 0.1) is 0 Å². The van der Waals surface area contributed by atoms with Gasteiger partial charge < -0.3 is 10.1 Å². The molecule has 0 unspecified atom stereocenters. The topological polar surface area (TPSA) is 92.8 Å². The summed E-state index contributed by atoms with van der Waals surface area (Å²) in [6.07, 6.45) is 0.566. The Labute approximate surface area is 122 Å². The lowest BCUT2D eigenvalue weighted by Crippen LogP contribution is -2.31. The molecule has 0 bridgehead atoms. The van der Waals surface area contributed by atoms with Gasteiger partial charge in [-0.3, -0.25) is 9.69 Å². The highest BCUT2D eigenvalue weighted by molar-refractivity contribution is 7.92. The van der Waals surface area contributed by atoms with E-state index >= 15 is 0 Å². The number of carbonyl (C=O) groups excluding carboxylic acids is 2. The van der Waals surface area contributed by atoms with Crippen LogP contribution in [0.15, 0.2) is 24.3 Å². The molecule has 1 saturated heterocycles. The van der Waals surface area contributed by atoms with E-state index in [9.17, 15) is 18.0 Å². The number of sulfone groups is 1. The van der Waals surface area contributed by atoms with Crippen LogP contribution in [0.4, 0.5) is 16.2 Å². The van der Waals surface area contributed by atoms with E-state index in [0.717, 1.165) is 6.26 Å². The highest BCUT2D eigenvalue weighted by Gasteiger charge is 2.25. The van der Waals surface area contributed by atoms with E-state index in [-0.39, 0.29) is 0 Å². The zero-order chi connectivity index (χ0) is 15.6. The van der Waals surface area contributed by atoms with E-state index in [1.54, 1.807) is 24.3 Å². The molecule has 0 radical (unpaired) electrons. The molecule has 1 atom stereocenters. The third-order valence-electron chi connectivity index (χ3n) is 3.20. The number of nitrogens with zero attached hydrogens (tertiary/aromatic N) is 1. The Hall–Kier alpha value is -2.09. The summed E-state index contributed by atoms with van der Waals surface area (Å²) < 4.78 is 27.5. The molecule has 1 N–H and O–H groups in total. The molecule has 1 fully saturated rings. The summed E-state index contributed by atoms with van der Waals surface area (Å²) in [5, 5.41) is 1.39. The first kappa shape index (κ1) is 15.3. The van der Waals surface area contributed by atoms with E-state index in [2.05, 4.69) is 5.32 Å². The predicted molar refractivity (Wildman–Crippen MR) is 78.1 cm³/mol.